The van der Waals surface area contributed by atoms with Gasteiger partial charge in [-0.25, -0.2) is 0 Å². The van der Waals surface area contributed by atoms with Gasteiger partial charge in [0.1, 0.15) is 40.0 Å². The van der Waals surface area contributed by atoms with Crippen LogP contribution < -0.4 is 14.8 Å². The Morgan fingerprint density at radius 2 is 1.03 bits per heavy atom. The lowest BCUT2D eigenvalue weighted by atomic mass is 9.22. The number of rotatable bonds is 10. The van der Waals surface area contributed by atoms with Gasteiger partial charge in [-0.05, 0) is 114 Å². The molecular formula is C52H55N3O10. The maximum Gasteiger partial charge on any atom is 0.239 e. The summed E-state index contributed by atoms with van der Waals surface area (Å²) in [6.45, 7) is 1.95. The molecule has 13 nitrogen and oxygen atoms in total. The molecule has 15 rings (SSSR count). The van der Waals surface area contributed by atoms with Gasteiger partial charge in [-0.3, -0.25) is 14.9 Å². The minimum absolute atomic E-state index is 0.0561. The zero-order valence-corrected chi connectivity index (χ0v) is 37.7. The first kappa shape index (κ1) is 39.0. The van der Waals surface area contributed by atoms with Gasteiger partial charge in [0.2, 0.25) is 11.8 Å². The number of carbonyl (C=O) groups is 2. The van der Waals surface area contributed by atoms with Crippen LogP contribution in [0.3, 0.4) is 0 Å². The number of hydrogen-bond donors (Lipinski definition) is 1. The highest BCUT2D eigenvalue weighted by Gasteiger charge is 3.05. The smallest absolute Gasteiger partial charge is 0.239 e. The Bertz CT molecular complexity index is 2570. The molecule has 5 aliphatic heterocycles. The molecule has 2 aromatic carbocycles. The molecule has 8 aliphatic carbocycles. The van der Waals surface area contributed by atoms with E-state index in [1.807, 2.05) is 12.1 Å². The summed E-state index contributed by atoms with van der Waals surface area (Å²) in [5, 5.41) is 25.5. The Balaban J connectivity index is 0.924. The second-order valence-electron chi connectivity index (χ2n) is 22.8. The monoisotopic (exact) mass is 881 g/mol. The van der Waals surface area contributed by atoms with Crippen LogP contribution in [0.4, 0.5) is 0 Å². The quantitative estimate of drug-likeness (QED) is 0.148. The first-order valence-corrected chi connectivity index (χ1v) is 24.0. The van der Waals surface area contributed by atoms with E-state index in [4.69, 9.17) is 37.9 Å². The summed E-state index contributed by atoms with van der Waals surface area (Å²) in [5.74, 6) is 2.52. The largest absolute Gasteiger partial charge is 0.496 e. The van der Waals surface area contributed by atoms with Crippen LogP contribution in [0.5, 0.6) is 11.5 Å². The Labute approximate surface area is 377 Å². The summed E-state index contributed by atoms with van der Waals surface area (Å²) in [7, 11) is 10.6. The van der Waals surface area contributed by atoms with Crippen LogP contribution in [-0.2, 0) is 38.0 Å². The van der Waals surface area contributed by atoms with Crippen molar-refractivity contribution in [1.29, 1.82) is 10.5 Å². The van der Waals surface area contributed by atoms with Crippen molar-refractivity contribution in [3.05, 3.63) is 46.5 Å². The third kappa shape index (κ3) is 3.24. The molecule has 22 atom stereocenters. The fourth-order valence-electron chi connectivity index (χ4n) is 22.8. The minimum atomic E-state index is -1.22. The Hall–Kier alpha value is -4.08. The molecule has 338 valence electrons. The molecular weight excluding hydrogens is 827 g/mol. The lowest BCUT2D eigenvalue weighted by Gasteiger charge is -2.78. The van der Waals surface area contributed by atoms with Crippen LogP contribution in [0.2, 0.25) is 0 Å². The fourth-order valence-corrected chi connectivity index (χ4v) is 22.8. The summed E-state index contributed by atoms with van der Waals surface area (Å²) < 4.78 is 52.7. The molecule has 13 aliphatic rings. The standard InChI is InChI=1S/C52H55N3O10/c1-58-17-47-28-13-29(25-12-27-26(11-24(25)28)32(62-5)9-10-33(27)63-6)48(47,18-59-2)38-37(47)41-51-43-39-40(44(65-43)52(51,42(38)64-41)46(57)55-45(51)56)50(20-61-4)31-14-30(49(39,50)19-60-3)35-22-7-8-23(36(31)35)34(22)21(15-53)16-54/h9-12,22-23,28-31,35-44H,7-8,13-14,17-20H2,1-6H3,(H,55,56,57)/t22-,23+,28-,29+,30-,31+,35+,36-,37-,38+,39+,40-,41-,42+,43+,44-,47-,48+,49-,50+,51+,52-. The number of benzene rings is 2. The highest BCUT2D eigenvalue weighted by Crippen LogP contribution is 2.97. The zero-order valence-electron chi connectivity index (χ0n) is 37.7. The summed E-state index contributed by atoms with van der Waals surface area (Å²) in [4.78, 5) is 31.0. The van der Waals surface area contributed by atoms with Crippen LogP contribution in [0.15, 0.2) is 35.4 Å². The second kappa shape index (κ2) is 11.8. The zero-order chi connectivity index (χ0) is 44.3. The van der Waals surface area contributed by atoms with E-state index in [2.05, 4.69) is 29.6 Å². The highest BCUT2D eigenvalue weighted by atomic mass is 16.6. The van der Waals surface area contributed by atoms with Gasteiger partial charge in [0, 0.05) is 84.5 Å². The van der Waals surface area contributed by atoms with Crippen LogP contribution in [-0.4, -0.2) is 105 Å². The molecule has 10 bridgehead atoms. The van der Waals surface area contributed by atoms with Gasteiger partial charge in [0.05, 0.1) is 65.1 Å². The first-order valence-electron chi connectivity index (χ1n) is 24.0. The van der Waals surface area contributed by atoms with Crippen LogP contribution >= 0.6 is 0 Å². The number of fused-ring (bicyclic) bond motifs is 35. The van der Waals surface area contributed by atoms with Gasteiger partial charge < -0.3 is 37.9 Å². The van der Waals surface area contributed by atoms with Crippen molar-refractivity contribution in [3.63, 3.8) is 0 Å². The van der Waals surface area contributed by atoms with Gasteiger partial charge in [0.15, 0.2) is 0 Å². The molecule has 0 unspecified atom stereocenters. The average molecular weight is 882 g/mol. The molecule has 2 amide bonds. The molecule has 0 radical (unpaired) electrons. The normalized spacial score (nSPS) is 53.1. The van der Waals surface area contributed by atoms with E-state index in [9.17, 15) is 10.5 Å². The maximum atomic E-state index is 15.5. The lowest BCUT2D eigenvalue weighted by molar-refractivity contribution is -0.330. The lowest BCUT2D eigenvalue weighted by Crippen LogP contribution is -2.85. The van der Waals surface area contributed by atoms with Crippen molar-refractivity contribution < 1.29 is 47.5 Å². The van der Waals surface area contributed by atoms with Crippen molar-refractivity contribution in [1.82, 2.24) is 5.32 Å². The topological polar surface area (TPSA) is 168 Å². The third-order valence-electron chi connectivity index (χ3n) is 23.0. The van der Waals surface area contributed by atoms with Crippen molar-refractivity contribution >= 4 is 22.6 Å². The number of nitrogens with zero attached hydrogens (tertiary/aromatic N) is 2. The van der Waals surface area contributed by atoms with E-state index in [0.29, 0.717) is 43.8 Å². The number of imide groups is 1. The predicted molar refractivity (Wildman–Crippen MR) is 227 cm³/mol. The van der Waals surface area contributed by atoms with Gasteiger partial charge in [0.25, 0.3) is 0 Å². The number of allylic oxidation sites excluding steroid dienone is 2. The van der Waals surface area contributed by atoms with Gasteiger partial charge >= 0.3 is 0 Å². The molecule has 2 aromatic rings. The number of nitriles is 2. The molecule has 7 saturated carbocycles. The summed E-state index contributed by atoms with van der Waals surface area (Å²) in [6, 6.07) is 13.2. The molecule has 5 saturated heterocycles. The fraction of sp³-hybridized carbons (Fsp3) is 0.692. The highest BCUT2D eigenvalue weighted by molar-refractivity contribution is 6.13. The SMILES string of the molecule is COC[C@@]12[C@@H]3[C@@H]([C@@H]4O[C@H]3[C@]35C(=O)NC(=O)[C@]43[C@@H]3O[C@H]5[C@@H]4[C@H]3[C@]3(COC)[C@H]5C[C@H]([C@H]6[C@@H]5[C@H]5CC[C@@H]6C5=C(C#N)C#N)[C@]43COC)[C@]1(COC)[C@H]1C[C@@H]2c2cc3c(OC)ccc(OC)c3cc21. The number of hydrogen-bond acceptors (Lipinski definition) is 12. The van der Waals surface area contributed by atoms with E-state index in [1.165, 1.54) is 11.1 Å². The molecule has 1 N–H and O–H groups in total. The van der Waals surface area contributed by atoms with E-state index in [0.717, 1.165) is 53.5 Å². The van der Waals surface area contributed by atoms with Crippen molar-refractivity contribution in [2.75, 3.05) is 69.1 Å². The summed E-state index contributed by atoms with van der Waals surface area (Å²) >= 11 is 0. The molecule has 12 fully saturated rings. The third-order valence-corrected chi connectivity index (χ3v) is 23.0. The number of nitrogens with one attached hydrogen (secondary N) is 1. The Kier molecular flexibility index (Phi) is 7.06. The molecule has 13 heteroatoms. The predicted octanol–water partition coefficient (Wildman–Crippen LogP) is 4.92. The van der Waals surface area contributed by atoms with E-state index < -0.39 is 46.1 Å². The van der Waals surface area contributed by atoms with Gasteiger partial charge in [-0.1, -0.05) is 0 Å². The van der Waals surface area contributed by atoms with E-state index in [-0.39, 0.29) is 81.8 Å². The van der Waals surface area contributed by atoms with Gasteiger partial charge in [-0.2, -0.15) is 10.5 Å². The average Bonchev–Trinajstić information content (AvgIpc) is 4.19. The van der Waals surface area contributed by atoms with Crippen molar-refractivity contribution in [3.8, 4) is 23.6 Å². The second-order valence-corrected chi connectivity index (χ2v) is 22.8. The van der Waals surface area contributed by atoms with Crippen LogP contribution in [0, 0.1) is 114 Å². The summed E-state index contributed by atoms with van der Waals surface area (Å²) in [5.41, 5.74) is -0.123. The number of ether oxygens (including phenoxy) is 8. The number of amides is 2. The Morgan fingerprint density at radius 3 is 1.42 bits per heavy atom. The summed E-state index contributed by atoms with van der Waals surface area (Å²) in [6.07, 6.45) is 1.70. The Morgan fingerprint density at radius 1 is 0.631 bits per heavy atom. The van der Waals surface area contributed by atoms with E-state index >= 15 is 9.59 Å². The minimum Gasteiger partial charge on any atom is -0.496 e. The first-order chi connectivity index (χ1) is 31.7. The molecule has 5 heterocycles. The van der Waals surface area contributed by atoms with Crippen molar-refractivity contribution in [2.45, 2.75) is 61.9 Å². The number of carbonyl (C=O) groups excluding carboxylic acids is 2. The maximum absolute atomic E-state index is 15.5. The van der Waals surface area contributed by atoms with Crippen LogP contribution in [0.25, 0.3) is 10.8 Å². The van der Waals surface area contributed by atoms with Crippen molar-refractivity contribution in [2.24, 2.45) is 91.7 Å². The van der Waals surface area contributed by atoms with Crippen LogP contribution in [0.1, 0.15) is 48.6 Å². The number of methoxy groups -OCH3 is 6. The van der Waals surface area contributed by atoms with Gasteiger partial charge in [-0.15, -0.1) is 0 Å². The molecule has 65 heavy (non-hydrogen) atoms. The molecule has 0 spiro atoms. The molecule has 0 aromatic heterocycles. The van der Waals surface area contributed by atoms with E-state index in [1.54, 1.807) is 42.7 Å².